The van der Waals surface area contributed by atoms with Crippen molar-refractivity contribution in [3.05, 3.63) is 12.7 Å². The monoisotopic (exact) mass is 127 g/mol. The summed E-state index contributed by atoms with van der Waals surface area (Å²) in [5.74, 6) is 0. The van der Waals surface area contributed by atoms with Gasteiger partial charge in [-0.25, -0.2) is 0 Å². The minimum absolute atomic E-state index is 0. The maximum atomic E-state index is 8.01. The van der Waals surface area contributed by atoms with Gasteiger partial charge in [0.25, 0.3) is 0 Å². The van der Waals surface area contributed by atoms with Crippen LogP contribution in [0.25, 0.3) is 0 Å². The van der Waals surface area contributed by atoms with Crippen LogP contribution in [0.3, 0.4) is 0 Å². The van der Waals surface area contributed by atoms with Crippen LogP contribution < -0.4 is 0 Å². The SMILES string of the molecule is C=CCC(C)=NO.[Si]. The van der Waals surface area contributed by atoms with E-state index in [1.165, 1.54) is 0 Å². The van der Waals surface area contributed by atoms with Crippen molar-refractivity contribution in [3.8, 4) is 0 Å². The van der Waals surface area contributed by atoms with Crippen molar-refractivity contribution in [2.75, 3.05) is 0 Å². The molecule has 2 nitrogen and oxygen atoms in total. The average molecular weight is 127 g/mol. The molecule has 0 unspecified atom stereocenters. The van der Waals surface area contributed by atoms with Crippen LogP contribution in [0.15, 0.2) is 17.8 Å². The van der Waals surface area contributed by atoms with Crippen LogP contribution in [0.1, 0.15) is 13.3 Å². The molecule has 0 amide bonds. The number of oxime groups is 1. The van der Waals surface area contributed by atoms with Gasteiger partial charge in [0.1, 0.15) is 0 Å². The Morgan fingerprint density at radius 2 is 2.38 bits per heavy atom. The zero-order valence-electron chi connectivity index (χ0n) is 4.89. The Kier molecular flexibility index (Phi) is 8.37. The second-order valence-corrected chi connectivity index (χ2v) is 1.33. The van der Waals surface area contributed by atoms with Gasteiger partial charge >= 0.3 is 0 Å². The molecule has 0 aliphatic rings. The molecule has 3 heteroatoms. The van der Waals surface area contributed by atoms with Crippen molar-refractivity contribution >= 4 is 16.7 Å². The van der Waals surface area contributed by atoms with Gasteiger partial charge in [-0.3, -0.25) is 0 Å². The molecule has 0 spiro atoms. The third-order valence-electron chi connectivity index (χ3n) is 0.610. The standard InChI is InChI=1S/C5H9NO.Si/c1-3-4-5(2)6-7;/h3,7H,1,4H2,2H3;. The summed E-state index contributed by atoms with van der Waals surface area (Å²) in [5, 5.41) is 10.9. The molecule has 0 aliphatic carbocycles. The fraction of sp³-hybridized carbons (Fsp3) is 0.400. The molecule has 0 saturated carbocycles. The Hall–Kier alpha value is -0.573. The van der Waals surface area contributed by atoms with Crippen molar-refractivity contribution in [2.24, 2.45) is 5.16 Å². The van der Waals surface area contributed by atoms with Gasteiger partial charge in [0.2, 0.25) is 0 Å². The van der Waals surface area contributed by atoms with Gasteiger partial charge in [-0.1, -0.05) is 11.2 Å². The maximum absolute atomic E-state index is 8.01. The highest BCUT2D eigenvalue weighted by Crippen LogP contribution is 1.82. The predicted molar refractivity (Wildman–Crippen MR) is 35.5 cm³/mol. The first-order valence-electron chi connectivity index (χ1n) is 2.09. The van der Waals surface area contributed by atoms with Crippen molar-refractivity contribution in [3.63, 3.8) is 0 Å². The van der Waals surface area contributed by atoms with E-state index >= 15 is 0 Å². The fourth-order valence-electron chi connectivity index (χ4n) is 0.250. The summed E-state index contributed by atoms with van der Waals surface area (Å²) >= 11 is 0. The molecule has 0 aromatic rings. The minimum atomic E-state index is 0. The molecule has 0 aromatic carbocycles. The molecule has 0 rings (SSSR count). The summed E-state index contributed by atoms with van der Waals surface area (Å²) < 4.78 is 0. The Bertz CT molecular complexity index is 90.4. The first-order chi connectivity index (χ1) is 3.31. The van der Waals surface area contributed by atoms with E-state index in [1.807, 2.05) is 0 Å². The van der Waals surface area contributed by atoms with Crippen LogP contribution >= 0.6 is 0 Å². The molecule has 0 bridgehead atoms. The Morgan fingerprint density at radius 3 is 2.50 bits per heavy atom. The van der Waals surface area contributed by atoms with E-state index in [1.54, 1.807) is 13.0 Å². The highest BCUT2D eigenvalue weighted by Gasteiger charge is 1.80. The second-order valence-electron chi connectivity index (χ2n) is 1.33. The highest BCUT2D eigenvalue weighted by molar-refractivity contribution is 5.82. The molecule has 4 radical (unpaired) electrons. The van der Waals surface area contributed by atoms with E-state index in [-0.39, 0.29) is 11.0 Å². The van der Waals surface area contributed by atoms with Crippen LogP contribution in [0.2, 0.25) is 0 Å². The summed E-state index contributed by atoms with van der Waals surface area (Å²) in [6.45, 7) is 5.19. The summed E-state index contributed by atoms with van der Waals surface area (Å²) in [7, 11) is 0. The molecule has 44 valence electrons. The summed E-state index contributed by atoms with van der Waals surface area (Å²) in [4.78, 5) is 0. The zero-order chi connectivity index (χ0) is 5.70. The van der Waals surface area contributed by atoms with Gasteiger partial charge in [0.05, 0.1) is 5.71 Å². The molecule has 0 fully saturated rings. The number of hydrogen-bond donors (Lipinski definition) is 1. The molecule has 0 atom stereocenters. The van der Waals surface area contributed by atoms with Crippen molar-refractivity contribution in [1.82, 2.24) is 0 Å². The number of nitrogens with zero attached hydrogens (tertiary/aromatic N) is 1. The largest absolute Gasteiger partial charge is 0.411 e. The molecule has 8 heavy (non-hydrogen) atoms. The molecule has 0 aliphatic heterocycles. The second kappa shape index (κ2) is 6.43. The number of allylic oxidation sites excluding steroid dienone is 1. The summed E-state index contributed by atoms with van der Waals surface area (Å²) in [6, 6.07) is 0. The molecular formula is C5H9NOSi. The maximum Gasteiger partial charge on any atom is 0.0577 e. The van der Waals surface area contributed by atoms with E-state index < -0.39 is 0 Å². The number of rotatable bonds is 2. The van der Waals surface area contributed by atoms with E-state index in [4.69, 9.17) is 5.21 Å². The highest BCUT2D eigenvalue weighted by atomic mass is 28.1. The van der Waals surface area contributed by atoms with Gasteiger partial charge in [-0.15, -0.1) is 6.58 Å². The van der Waals surface area contributed by atoms with Crippen LogP contribution in [0.5, 0.6) is 0 Å². The lowest BCUT2D eigenvalue weighted by Gasteiger charge is -1.84. The Labute approximate surface area is 53.9 Å². The first-order valence-corrected chi connectivity index (χ1v) is 2.09. The van der Waals surface area contributed by atoms with E-state index in [9.17, 15) is 0 Å². The fourth-order valence-corrected chi connectivity index (χ4v) is 0.250. The first kappa shape index (κ1) is 10.4. The topological polar surface area (TPSA) is 32.6 Å². The van der Waals surface area contributed by atoms with Gasteiger partial charge in [0.15, 0.2) is 0 Å². The molecule has 0 aromatic heterocycles. The van der Waals surface area contributed by atoms with Gasteiger partial charge < -0.3 is 5.21 Å². The molecule has 0 saturated heterocycles. The van der Waals surface area contributed by atoms with Crippen molar-refractivity contribution < 1.29 is 5.21 Å². The van der Waals surface area contributed by atoms with Crippen LogP contribution in [0, 0.1) is 0 Å². The van der Waals surface area contributed by atoms with Gasteiger partial charge in [-0.2, -0.15) is 0 Å². The normalized spacial score (nSPS) is 9.88. The van der Waals surface area contributed by atoms with Crippen LogP contribution in [0.4, 0.5) is 0 Å². The Balaban J connectivity index is 0. The molecule has 1 N–H and O–H groups in total. The van der Waals surface area contributed by atoms with Crippen molar-refractivity contribution in [1.29, 1.82) is 0 Å². The number of hydrogen-bond acceptors (Lipinski definition) is 2. The summed E-state index contributed by atoms with van der Waals surface area (Å²) in [6.07, 6.45) is 2.35. The van der Waals surface area contributed by atoms with E-state index in [0.29, 0.717) is 12.1 Å². The Morgan fingerprint density at radius 1 is 1.88 bits per heavy atom. The minimum Gasteiger partial charge on any atom is -0.411 e. The van der Waals surface area contributed by atoms with Crippen LogP contribution in [-0.2, 0) is 0 Å². The van der Waals surface area contributed by atoms with E-state index in [2.05, 4.69) is 11.7 Å². The predicted octanol–water partition coefficient (Wildman–Crippen LogP) is 1.03. The molecule has 0 heterocycles. The average Bonchev–Trinajstić information content (AvgIpc) is 1.68. The zero-order valence-corrected chi connectivity index (χ0v) is 5.89. The lowest BCUT2D eigenvalue weighted by Crippen LogP contribution is -1.85. The van der Waals surface area contributed by atoms with Gasteiger partial charge in [0, 0.05) is 17.4 Å². The van der Waals surface area contributed by atoms with Gasteiger partial charge in [-0.05, 0) is 6.92 Å². The third kappa shape index (κ3) is 5.43. The van der Waals surface area contributed by atoms with Crippen molar-refractivity contribution in [2.45, 2.75) is 13.3 Å². The molecular weight excluding hydrogens is 118 g/mol. The summed E-state index contributed by atoms with van der Waals surface area (Å²) in [5.41, 5.74) is 0.690. The quantitative estimate of drug-likeness (QED) is 0.194. The third-order valence-corrected chi connectivity index (χ3v) is 0.610. The lowest BCUT2D eigenvalue weighted by molar-refractivity contribution is 0.318. The van der Waals surface area contributed by atoms with Crippen LogP contribution in [-0.4, -0.2) is 21.9 Å². The van der Waals surface area contributed by atoms with E-state index in [0.717, 1.165) is 0 Å². The lowest BCUT2D eigenvalue weighted by atomic mass is 10.3. The smallest absolute Gasteiger partial charge is 0.0577 e.